The van der Waals surface area contributed by atoms with E-state index in [1.165, 1.54) is 64.3 Å². The van der Waals surface area contributed by atoms with E-state index in [0.717, 1.165) is 0 Å². The molecule has 21 heavy (non-hydrogen) atoms. The molecule has 0 bridgehead atoms. The Morgan fingerprint density at radius 2 is 1.90 bits per heavy atom. The van der Waals surface area contributed by atoms with Crippen LogP contribution in [-0.2, 0) is 5.54 Å². The minimum Gasteiger partial charge on any atom is -0.290 e. The van der Waals surface area contributed by atoms with Crippen LogP contribution in [0.1, 0.15) is 83.4 Å². The quantitative estimate of drug-likeness (QED) is 0.517. The predicted octanol–water partition coefficient (Wildman–Crippen LogP) is 6.20. The van der Waals surface area contributed by atoms with Crippen LogP contribution in [0.5, 0.6) is 0 Å². The Hall–Kier alpha value is -0.340. The molecule has 0 aromatic carbocycles. The molecule has 0 amide bonds. The first-order valence-electron chi connectivity index (χ1n) is 9.01. The van der Waals surface area contributed by atoms with E-state index in [1.807, 2.05) is 11.3 Å². The summed E-state index contributed by atoms with van der Waals surface area (Å²) in [4.78, 5) is 4.46. The van der Waals surface area contributed by atoms with Crippen LogP contribution >= 0.6 is 11.3 Å². The third-order valence-corrected chi connectivity index (χ3v) is 6.15. The molecule has 0 unspecified atom stereocenters. The summed E-state index contributed by atoms with van der Waals surface area (Å²) in [6.07, 6.45) is 12.4. The third kappa shape index (κ3) is 4.10. The van der Waals surface area contributed by atoms with Gasteiger partial charge in [0.2, 0.25) is 0 Å². The molecule has 1 heterocycles. The Morgan fingerprint density at radius 3 is 2.48 bits per heavy atom. The number of rotatable bonds is 8. The molecular weight excluding hydrogens is 274 g/mol. The molecule has 1 saturated carbocycles. The van der Waals surface area contributed by atoms with Gasteiger partial charge in [-0.15, -0.1) is 11.3 Å². The van der Waals surface area contributed by atoms with Crippen molar-refractivity contribution in [3.63, 3.8) is 0 Å². The van der Waals surface area contributed by atoms with E-state index < -0.39 is 0 Å². The highest BCUT2D eigenvalue weighted by Crippen LogP contribution is 2.45. The van der Waals surface area contributed by atoms with Gasteiger partial charge >= 0.3 is 0 Å². The fourth-order valence-electron chi connectivity index (χ4n) is 4.03. The number of hydrogen-bond donors (Lipinski definition) is 0. The summed E-state index contributed by atoms with van der Waals surface area (Å²) in [5, 5.41) is 2.27. The molecule has 2 heteroatoms. The van der Waals surface area contributed by atoms with Crippen molar-refractivity contribution in [2.24, 2.45) is 0 Å². The molecule has 0 N–H and O–H groups in total. The van der Waals surface area contributed by atoms with E-state index >= 15 is 0 Å². The van der Waals surface area contributed by atoms with Crippen molar-refractivity contribution in [1.29, 1.82) is 0 Å². The third-order valence-electron chi connectivity index (χ3n) is 5.09. The maximum absolute atomic E-state index is 2.84. The molecule has 1 aromatic heterocycles. The molecule has 1 aromatic rings. The molecule has 0 spiro atoms. The normalized spacial score (nSPS) is 18.5. The van der Waals surface area contributed by atoms with Gasteiger partial charge in [-0.25, -0.2) is 0 Å². The van der Waals surface area contributed by atoms with Gasteiger partial charge in [-0.3, -0.25) is 4.90 Å². The molecular formula is C19H33NS. The van der Waals surface area contributed by atoms with E-state index in [4.69, 9.17) is 0 Å². The van der Waals surface area contributed by atoms with Gasteiger partial charge in [0.25, 0.3) is 0 Å². The topological polar surface area (TPSA) is 3.24 Å². The predicted molar refractivity (Wildman–Crippen MR) is 95.1 cm³/mol. The van der Waals surface area contributed by atoms with Crippen molar-refractivity contribution in [2.75, 3.05) is 6.54 Å². The lowest BCUT2D eigenvalue weighted by Gasteiger charge is -2.48. The van der Waals surface area contributed by atoms with Gasteiger partial charge in [-0.1, -0.05) is 51.5 Å². The zero-order chi connectivity index (χ0) is 15.1. The van der Waals surface area contributed by atoms with Gasteiger partial charge in [0.15, 0.2) is 0 Å². The highest BCUT2D eigenvalue weighted by Gasteiger charge is 2.41. The van der Waals surface area contributed by atoms with E-state index in [9.17, 15) is 0 Å². The van der Waals surface area contributed by atoms with Crippen molar-refractivity contribution in [3.05, 3.63) is 22.4 Å². The van der Waals surface area contributed by atoms with Gasteiger partial charge in [-0.2, -0.15) is 0 Å². The molecule has 1 aliphatic carbocycles. The molecule has 0 aliphatic heterocycles. The molecule has 1 nitrogen and oxygen atoms in total. The van der Waals surface area contributed by atoms with Crippen LogP contribution < -0.4 is 0 Å². The van der Waals surface area contributed by atoms with Crippen molar-refractivity contribution in [3.8, 4) is 0 Å². The summed E-state index contributed by atoms with van der Waals surface area (Å²) in [5.41, 5.74) is 0.340. The summed E-state index contributed by atoms with van der Waals surface area (Å²) in [7, 11) is 0. The number of unbranched alkanes of at least 4 members (excludes halogenated alkanes) is 3. The Bertz CT molecular complexity index is 376. The van der Waals surface area contributed by atoms with Crippen molar-refractivity contribution < 1.29 is 0 Å². The molecule has 0 radical (unpaired) electrons. The lowest BCUT2D eigenvalue weighted by atomic mass is 9.78. The molecule has 0 atom stereocenters. The number of hydrogen-bond acceptors (Lipinski definition) is 2. The second-order valence-electron chi connectivity index (χ2n) is 6.92. The van der Waals surface area contributed by atoms with Gasteiger partial charge in [0, 0.05) is 10.9 Å². The largest absolute Gasteiger partial charge is 0.290 e. The first-order valence-corrected chi connectivity index (χ1v) is 9.89. The first-order chi connectivity index (χ1) is 10.2. The van der Waals surface area contributed by atoms with Crippen LogP contribution in [0.25, 0.3) is 0 Å². The second-order valence-corrected chi connectivity index (χ2v) is 7.87. The average Bonchev–Trinajstić information content (AvgIpc) is 3.02. The standard InChI is InChI=1S/C19H33NS/c1-4-5-6-10-15-20(17(2)3)19(13-8-7-9-14-19)18-12-11-16-21-18/h11-12,16-17H,4-10,13-15H2,1-3H3. The fraction of sp³-hybridized carbons (Fsp3) is 0.789. The van der Waals surface area contributed by atoms with E-state index in [2.05, 4.69) is 43.2 Å². The summed E-state index contributed by atoms with van der Waals surface area (Å²) in [5.74, 6) is 0. The Morgan fingerprint density at radius 1 is 1.14 bits per heavy atom. The molecule has 1 aliphatic rings. The van der Waals surface area contributed by atoms with Gasteiger partial charge < -0.3 is 0 Å². The zero-order valence-electron chi connectivity index (χ0n) is 14.2. The van der Waals surface area contributed by atoms with Gasteiger partial charge in [0.1, 0.15) is 0 Å². The molecule has 1 fully saturated rings. The highest BCUT2D eigenvalue weighted by atomic mass is 32.1. The maximum atomic E-state index is 2.84. The monoisotopic (exact) mass is 307 g/mol. The summed E-state index contributed by atoms with van der Waals surface area (Å²) in [6.45, 7) is 8.36. The minimum atomic E-state index is 0.340. The summed E-state index contributed by atoms with van der Waals surface area (Å²) >= 11 is 1.98. The second kappa shape index (κ2) is 8.33. The summed E-state index contributed by atoms with van der Waals surface area (Å²) in [6, 6.07) is 5.27. The Labute approximate surface area is 135 Å². The SMILES string of the molecule is CCCCCCN(C(C)C)C1(c2cccs2)CCCCC1. The van der Waals surface area contributed by atoms with E-state index in [0.29, 0.717) is 11.6 Å². The average molecular weight is 308 g/mol. The molecule has 120 valence electrons. The first kappa shape index (κ1) is 17.0. The van der Waals surface area contributed by atoms with Crippen molar-refractivity contribution in [1.82, 2.24) is 4.90 Å². The Kier molecular flexibility index (Phi) is 6.75. The maximum Gasteiger partial charge on any atom is 0.0556 e. The van der Waals surface area contributed by atoms with Gasteiger partial charge in [0.05, 0.1) is 5.54 Å². The van der Waals surface area contributed by atoms with Crippen LogP contribution in [0.15, 0.2) is 17.5 Å². The van der Waals surface area contributed by atoms with Crippen molar-refractivity contribution >= 4 is 11.3 Å². The molecule has 0 saturated heterocycles. The lowest BCUT2D eigenvalue weighted by molar-refractivity contribution is 0.0210. The van der Waals surface area contributed by atoms with Crippen LogP contribution in [0.4, 0.5) is 0 Å². The smallest absolute Gasteiger partial charge is 0.0556 e. The highest BCUT2D eigenvalue weighted by molar-refractivity contribution is 7.10. The minimum absolute atomic E-state index is 0.340. The van der Waals surface area contributed by atoms with E-state index in [-0.39, 0.29) is 0 Å². The van der Waals surface area contributed by atoms with Crippen molar-refractivity contribution in [2.45, 2.75) is 90.1 Å². The number of thiophene rings is 1. The van der Waals surface area contributed by atoms with Crippen LogP contribution in [-0.4, -0.2) is 17.5 Å². The fourth-order valence-corrected chi connectivity index (χ4v) is 5.03. The zero-order valence-corrected chi connectivity index (χ0v) is 15.1. The lowest BCUT2D eigenvalue weighted by Crippen LogP contribution is -2.50. The molecule has 2 rings (SSSR count). The van der Waals surface area contributed by atoms with Crippen LogP contribution in [0.3, 0.4) is 0 Å². The summed E-state index contributed by atoms with van der Waals surface area (Å²) < 4.78 is 0. The van der Waals surface area contributed by atoms with Crippen LogP contribution in [0, 0.1) is 0 Å². The Balaban J connectivity index is 2.15. The van der Waals surface area contributed by atoms with Gasteiger partial charge in [-0.05, 0) is 51.1 Å². The van der Waals surface area contributed by atoms with E-state index in [1.54, 1.807) is 4.88 Å². The number of nitrogens with zero attached hydrogens (tertiary/aromatic N) is 1. The van der Waals surface area contributed by atoms with Crippen LogP contribution in [0.2, 0.25) is 0 Å².